The summed E-state index contributed by atoms with van der Waals surface area (Å²) in [5.74, 6) is 3.21. The lowest BCUT2D eigenvalue weighted by Gasteiger charge is -2.10. The van der Waals surface area contributed by atoms with Crippen molar-refractivity contribution in [2.45, 2.75) is 31.5 Å². The average molecular weight is 373 g/mol. The molecule has 0 spiro atoms. The van der Waals surface area contributed by atoms with Crippen molar-refractivity contribution >= 4 is 29.5 Å². The molecule has 0 bridgehead atoms. The van der Waals surface area contributed by atoms with Gasteiger partial charge in [-0.05, 0) is 55.0 Å². The highest BCUT2D eigenvalue weighted by atomic mass is 32.2. The Labute approximate surface area is 151 Å². The highest BCUT2D eigenvalue weighted by Gasteiger charge is 2.14. The van der Waals surface area contributed by atoms with Gasteiger partial charge in [-0.1, -0.05) is 25.6 Å². The van der Waals surface area contributed by atoms with Crippen LogP contribution in [0, 0.1) is 18.4 Å². The molecule has 2 N–H and O–H groups in total. The van der Waals surface area contributed by atoms with Crippen LogP contribution in [0.4, 0.5) is 11.4 Å². The average Bonchev–Trinajstić information content (AvgIpc) is 2.53. The van der Waals surface area contributed by atoms with Gasteiger partial charge in [-0.25, -0.2) is 8.42 Å². The molecule has 0 atom stereocenters. The first-order valence-corrected chi connectivity index (χ1v) is 13.0. The minimum atomic E-state index is -3.61. The Kier molecular flexibility index (Phi) is 5.61. The predicted molar refractivity (Wildman–Crippen MR) is 108 cm³/mol. The fourth-order valence-electron chi connectivity index (χ4n) is 2.14. The van der Waals surface area contributed by atoms with Crippen molar-refractivity contribution in [3.8, 4) is 11.5 Å². The molecule has 0 aliphatic heterocycles. The van der Waals surface area contributed by atoms with E-state index in [0.717, 1.165) is 16.8 Å². The van der Waals surface area contributed by atoms with E-state index in [-0.39, 0.29) is 4.90 Å². The predicted octanol–water partition coefficient (Wildman–Crippen LogP) is 4.07. The normalized spacial score (nSPS) is 11.4. The molecule has 132 valence electrons. The van der Waals surface area contributed by atoms with E-state index in [1.165, 1.54) is 0 Å². The minimum absolute atomic E-state index is 0.228. The summed E-state index contributed by atoms with van der Waals surface area (Å²) in [5.41, 5.74) is 6.61. The lowest BCUT2D eigenvalue weighted by Crippen LogP contribution is -2.16. The molecular formula is C19H24N2O2SSi. The molecule has 0 aromatic heterocycles. The molecule has 0 amide bonds. The molecule has 2 aromatic rings. The topological polar surface area (TPSA) is 58.2 Å². The number of hydrogen-bond acceptors (Lipinski definition) is 3. The van der Waals surface area contributed by atoms with Crippen LogP contribution in [0.3, 0.4) is 0 Å². The number of rotatable bonds is 4. The molecule has 2 rings (SSSR count). The summed E-state index contributed by atoms with van der Waals surface area (Å²) in [4.78, 5) is 0.228. The van der Waals surface area contributed by atoms with Crippen LogP contribution in [0.25, 0.3) is 0 Å². The summed E-state index contributed by atoms with van der Waals surface area (Å²) in [6.07, 6.45) is 0. The van der Waals surface area contributed by atoms with Crippen LogP contribution in [0.2, 0.25) is 19.6 Å². The SMILES string of the molecule is CNc1ccc(S(=O)(=O)Nc2ccc(C#C[Si](C)(C)C)c(C)c2)cc1. The van der Waals surface area contributed by atoms with E-state index < -0.39 is 18.1 Å². The van der Waals surface area contributed by atoms with Gasteiger partial charge in [0.15, 0.2) is 0 Å². The van der Waals surface area contributed by atoms with Crippen LogP contribution < -0.4 is 10.0 Å². The maximum absolute atomic E-state index is 12.5. The Morgan fingerprint density at radius 2 is 1.56 bits per heavy atom. The zero-order valence-electron chi connectivity index (χ0n) is 15.3. The Hall–Kier alpha value is -2.23. The third-order valence-corrected chi connectivity index (χ3v) is 5.78. The summed E-state index contributed by atoms with van der Waals surface area (Å²) in [5, 5.41) is 2.97. The summed E-state index contributed by atoms with van der Waals surface area (Å²) in [6.45, 7) is 8.51. The van der Waals surface area contributed by atoms with Gasteiger partial charge in [0, 0.05) is 24.0 Å². The van der Waals surface area contributed by atoms with Crippen LogP contribution >= 0.6 is 0 Å². The Morgan fingerprint density at radius 1 is 0.960 bits per heavy atom. The minimum Gasteiger partial charge on any atom is -0.388 e. The Morgan fingerprint density at radius 3 is 2.08 bits per heavy atom. The number of benzene rings is 2. The van der Waals surface area contributed by atoms with E-state index in [1.54, 1.807) is 37.4 Å². The number of aryl methyl sites for hydroxylation is 1. The summed E-state index contributed by atoms with van der Waals surface area (Å²) < 4.78 is 27.6. The smallest absolute Gasteiger partial charge is 0.261 e. The molecule has 0 saturated carbocycles. The standard InChI is InChI=1S/C19H24N2O2SSi/c1-15-14-18(7-6-16(15)12-13-25(3,4)5)21-24(22,23)19-10-8-17(20-2)9-11-19/h6-11,14,20-21H,1-5H3. The van der Waals surface area contributed by atoms with E-state index in [4.69, 9.17) is 0 Å². The quantitative estimate of drug-likeness (QED) is 0.628. The molecule has 0 unspecified atom stereocenters. The second-order valence-corrected chi connectivity index (χ2v) is 13.3. The number of anilines is 2. The van der Waals surface area contributed by atoms with Gasteiger partial charge >= 0.3 is 0 Å². The van der Waals surface area contributed by atoms with Gasteiger partial charge in [0.2, 0.25) is 0 Å². The van der Waals surface area contributed by atoms with Gasteiger partial charge in [0.25, 0.3) is 10.0 Å². The van der Waals surface area contributed by atoms with Crippen LogP contribution in [-0.2, 0) is 10.0 Å². The second kappa shape index (κ2) is 7.34. The van der Waals surface area contributed by atoms with Crippen LogP contribution in [-0.4, -0.2) is 23.5 Å². The summed E-state index contributed by atoms with van der Waals surface area (Å²) in [6, 6.07) is 12.0. The zero-order valence-corrected chi connectivity index (χ0v) is 17.1. The van der Waals surface area contributed by atoms with Crippen molar-refractivity contribution in [3.05, 3.63) is 53.6 Å². The van der Waals surface area contributed by atoms with Gasteiger partial charge in [0.1, 0.15) is 8.07 Å². The molecule has 0 heterocycles. The first-order valence-electron chi connectivity index (χ1n) is 8.05. The second-order valence-electron chi connectivity index (χ2n) is 6.91. The number of sulfonamides is 1. The fourth-order valence-corrected chi connectivity index (χ4v) is 3.70. The molecule has 6 heteroatoms. The number of nitrogens with one attached hydrogen (secondary N) is 2. The van der Waals surface area contributed by atoms with E-state index in [9.17, 15) is 8.42 Å². The van der Waals surface area contributed by atoms with Crippen molar-refractivity contribution < 1.29 is 8.42 Å². The first-order chi connectivity index (χ1) is 11.6. The van der Waals surface area contributed by atoms with E-state index in [2.05, 4.69) is 41.1 Å². The monoisotopic (exact) mass is 372 g/mol. The molecule has 0 radical (unpaired) electrons. The molecule has 25 heavy (non-hydrogen) atoms. The molecule has 0 saturated heterocycles. The maximum Gasteiger partial charge on any atom is 0.261 e. The lowest BCUT2D eigenvalue weighted by molar-refractivity contribution is 0.601. The Bertz CT molecular complexity index is 919. The third kappa shape index (κ3) is 5.38. The summed E-state index contributed by atoms with van der Waals surface area (Å²) in [7, 11) is -3.27. The van der Waals surface area contributed by atoms with Gasteiger partial charge in [-0.15, -0.1) is 5.54 Å². The van der Waals surface area contributed by atoms with Gasteiger partial charge in [-0.2, -0.15) is 0 Å². The van der Waals surface area contributed by atoms with Crippen molar-refractivity contribution in [3.63, 3.8) is 0 Å². The van der Waals surface area contributed by atoms with Crippen molar-refractivity contribution in [1.82, 2.24) is 0 Å². The molecule has 2 aromatic carbocycles. The summed E-state index contributed by atoms with van der Waals surface area (Å²) >= 11 is 0. The zero-order chi connectivity index (χ0) is 18.7. The van der Waals surface area contributed by atoms with Crippen LogP contribution in [0.5, 0.6) is 0 Å². The third-order valence-electron chi connectivity index (χ3n) is 3.50. The van der Waals surface area contributed by atoms with Crippen molar-refractivity contribution in [2.24, 2.45) is 0 Å². The Balaban J connectivity index is 2.24. The van der Waals surface area contributed by atoms with E-state index in [0.29, 0.717) is 5.69 Å². The first kappa shape index (κ1) is 19.1. The maximum atomic E-state index is 12.5. The van der Waals surface area contributed by atoms with Crippen LogP contribution in [0.15, 0.2) is 47.4 Å². The molecular weight excluding hydrogens is 348 g/mol. The highest BCUT2D eigenvalue weighted by molar-refractivity contribution is 7.92. The van der Waals surface area contributed by atoms with Gasteiger partial charge < -0.3 is 5.32 Å². The molecule has 0 fully saturated rings. The lowest BCUT2D eigenvalue weighted by atomic mass is 10.1. The molecule has 4 nitrogen and oxygen atoms in total. The van der Waals surface area contributed by atoms with E-state index >= 15 is 0 Å². The van der Waals surface area contributed by atoms with Crippen molar-refractivity contribution in [1.29, 1.82) is 0 Å². The highest BCUT2D eigenvalue weighted by Crippen LogP contribution is 2.20. The largest absolute Gasteiger partial charge is 0.388 e. The fraction of sp³-hybridized carbons (Fsp3) is 0.263. The van der Waals surface area contributed by atoms with E-state index in [1.807, 2.05) is 19.1 Å². The molecule has 0 aliphatic rings. The van der Waals surface area contributed by atoms with Gasteiger partial charge in [-0.3, -0.25) is 4.72 Å². The van der Waals surface area contributed by atoms with Gasteiger partial charge in [0.05, 0.1) is 4.90 Å². The van der Waals surface area contributed by atoms with Crippen LogP contribution in [0.1, 0.15) is 11.1 Å². The molecule has 0 aliphatic carbocycles. The van der Waals surface area contributed by atoms with Crippen molar-refractivity contribution in [2.75, 3.05) is 17.1 Å². The number of hydrogen-bond donors (Lipinski definition) is 2.